The van der Waals surface area contributed by atoms with Crippen LogP contribution in [0, 0.1) is 0 Å². The summed E-state index contributed by atoms with van der Waals surface area (Å²) < 4.78 is 1.05. The summed E-state index contributed by atoms with van der Waals surface area (Å²) >= 11 is 3.43. The molecule has 0 bridgehead atoms. The Morgan fingerprint density at radius 3 is 2.39 bits per heavy atom. The van der Waals surface area contributed by atoms with Gasteiger partial charge in [0.25, 0.3) is 0 Å². The Bertz CT molecular complexity index is 566. The van der Waals surface area contributed by atoms with E-state index in [2.05, 4.69) is 45.0 Å². The maximum absolute atomic E-state index is 11.8. The van der Waals surface area contributed by atoms with Crippen molar-refractivity contribution in [3.05, 3.63) is 46.5 Å². The minimum absolute atomic E-state index is 0.0309. The maximum Gasteiger partial charge on any atom is 0.243 e. The van der Waals surface area contributed by atoms with E-state index in [1.165, 1.54) is 10.5 Å². The molecule has 0 aliphatic carbocycles. The number of amides is 1. The Kier molecular flexibility index (Phi) is 7.81. The summed E-state index contributed by atoms with van der Waals surface area (Å²) in [6.45, 7) is 7.28. The van der Waals surface area contributed by atoms with Gasteiger partial charge in [0.05, 0.1) is 0 Å². The van der Waals surface area contributed by atoms with Crippen LogP contribution >= 0.6 is 15.9 Å². The summed E-state index contributed by atoms with van der Waals surface area (Å²) in [7, 11) is 5.40. The van der Waals surface area contributed by atoms with Crippen LogP contribution < -0.4 is 5.32 Å². The molecule has 0 aliphatic rings. The van der Waals surface area contributed by atoms with E-state index in [1.807, 2.05) is 31.0 Å². The highest BCUT2D eigenvalue weighted by Gasteiger charge is 2.09. The first-order valence-electron chi connectivity index (χ1n) is 7.38. The van der Waals surface area contributed by atoms with E-state index in [4.69, 9.17) is 0 Å². The third-order valence-corrected chi connectivity index (χ3v) is 3.63. The van der Waals surface area contributed by atoms with E-state index in [0.29, 0.717) is 19.0 Å². The third-order valence-electron chi connectivity index (χ3n) is 3.11. The van der Waals surface area contributed by atoms with E-state index in [9.17, 15) is 4.79 Å². The second-order valence-electron chi connectivity index (χ2n) is 5.72. The molecule has 0 unspecified atom stereocenters. The van der Waals surface area contributed by atoms with Gasteiger partial charge in [0.15, 0.2) is 5.96 Å². The number of carbonyl (C=O) groups is 1. The minimum Gasteiger partial charge on any atom is -0.353 e. The lowest BCUT2D eigenvalue weighted by Crippen LogP contribution is -2.40. The number of hydrogen-bond acceptors (Lipinski definition) is 2. The Hall–Kier alpha value is -1.82. The van der Waals surface area contributed by atoms with Crippen LogP contribution in [0.4, 0.5) is 0 Å². The van der Waals surface area contributed by atoms with Crippen LogP contribution in [0.25, 0.3) is 0 Å². The summed E-state index contributed by atoms with van der Waals surface area (Å²) in [4.78, 5) is 19.7. The molecule has 0 aliphatic heterocycles. The number of likely N-dealkylation sites (N-methyl/N-ethyl adjacent to an activating group) is 1. The molecule has 23 heavy (non-hydrogen) atoms. The van der Waals surface area contributed by atoms with Gasteiger partial charge in [-0.3, -0.25) is 4.79 Å². The smallest absolute Gasteiger partial charge is 0.243 e. The molecular formula is C17H25BrN4O. The predicted molar refractivity (Wildman–Crippen MR) is 99.4 cm³/mol. The van der Waals surface area contributed by atoms with Gasteiger partial charge in [0.1, 0.15) is 6.54 Å². The number of benzene rings is 1. The Labute approximate surface area is 147 Å². The second kappa shape index (κ2) is 9.35. The van der Waals surface area contributed by atoms with Crippen molar-refractivity contribution in [1.82, 2.24) is 15.1 Å². The molecule has 1 aromatic carbocycles. The van der Waals surface area contributed by atoms with Gasteiger partial charge in [0.2, 0.25) is 5.91 Å². The highest BCUT2D eigenvalue weighted by molar-refractivity contribution is 9.10. The number of aliphatic imine (C=N–C) groups is 1. The van der Waals surface area contributed by atoms with Crippen molar-refractivity contribution in [2.45, 2.75) is 13.5 Å². The molecular weight excluding hydrogens is 356 g/mol. The van der Waals surface area contributed by atoms with Crippen molar-refractivity contribution < 1.29 is 4.79 Å². The van der Waals surface area contributed by atoms with Crippen LogP contribution in [0.5, 0.6) is 0 Å². The fourth-order valence-electron chi connectivity index (χ4n) is 1.76. The molecule has 126 valence electrons. The first-order chi connectivity index (χ1) is 10.8. The van der Waals surface area contributed by atoms with Gasteiger partial charge in [-0.15, -0.1) is 0 Å². The molecule has 0 radical (unpaired) electrons. The summed E-state index contributed by atoms with van der Waals surface area (Å²) in [6.07, 6.45) is 0. The van der Waals surface area contributed by atoms with E-state index < -0.39 is 0 Å². The highest BCUT2D eigenvalue weighted by atomic mass is 79.9. The highest BCUT2D eigenvalue weighted by Crippen LogP contribution is 2.11. The number of guanidine groups is 1. The average molecular weight is 381 g/mol. The van der Waals surface area contributed by atoms with Gasteiger partial charge < -0.3 is 15.1 Å². The number of nitrogens with one attached hydrogen (secondary N) is 1. The molecule has 0 saturated heterocycles. The normalized spacial score (nSPS) is 11.1. The molecule has 0 aromatic heterocycles. The van der Waals surface area contributed by atoms with Crippen LogP contribution in [0.1, 0.15) is 12.5 Å². The van der Waals surface area contributed by atoms with E-state index in [-0.39, 0.29) is 12.5 Å². The molecule has 0 saturated carbocycles. The van der Waals surface area contributed by atoms with Crippen LogP contribution in [0.3, 0.4) is 0 Å². The molecule has 0 atom stereocenters. The average Bonchev–Trinajstić information content (AvgIpc) is 2.48. The van der Waals surface area contributed by atoms with Crippen LogP contribution in [-0.2, 0) is 11.3 Å². The van der Waals surface area contributed by atoms with E-state index >= 15 is 0 Å². The van der Waals surface area contributed by atoms with Gasteiger partial charge in [-0.2, -0.15) is 0 Å². The maximum atomic E-state index is 11.8. The molecule has 5 nitrogen and oxygen atoms in total. The number of nitrogens with zero attached hydrogens (tertiary/aromatic N) is 3. The van der Waals surface area contributed by atoms with E-state index in [0.717, 1.165) is 10.0 Å². The lowest BCUT2D eigenvalue weighted by molar-refractivity contribution is -0.127. The fourth-order valence-corrected chi connectivity index (χ4v) is 2.03. The molecule has 0 heterocycles. The number of halogens is 1. The molecule has 6 heteroatoms. The first kappa shape index (κ1) is 19.2. The quantitative estimate of drug-likeness (QED) is 0.468. The topological polar surface area (TPSA) is 47.9 Å². The number of hydrogen-bond donors (Lipinski definition) is 1. The van der Waals surface area contributed by atoms with Crippen molar-refractivity contribution in [3.63, 3.8) is 0 Å². The first-order valence-corrected chi connectivity index (χ1v) is 8.17. The monoisotopic (exact) mass is 380 g/mol. The third kappa shape index (κ3) is 7.32. The van der Waals surface area contributed by atoms with Crippen LogP contribution in [0.15, 0.2) is 45.9 Å². The fraction of sp³-hybridized carbons (Fsp3) is 0.412. The van der Waals surface area contributed by atoms with Crippen molar-refractivity contribution in [1.29, 1.82) is 0 Å². The zero-order chi connectivity index (χ0) is 17.4. The summed E-state index contributed by atoms with van der Waals surface area (Å²) in [5, 5.41) is 3.24. The van der Waals surface area contributed by atoms with Crippen molar-refractivity contribution in [2.75, 3.05) is 34.2 Å². The number of rotatable bonds is 6. The van der Waals surface area contributed by atoms with Crippen LogP contribution in [0.2, 0.25) is 0 Å². The van der Waals surface area contributed by atoms with Gasteiger partial charge in [0, 0.05) is 38.7 Å². The molecule has 1 N–H and O–H groups in total. The zero-order valence-corrected chi connectivity index (χ0v) is 15.9. The van der Waals surface area contributed by atoms with Crippen molar-refractivity contribution >= 4 is 27.8 Å². The number of carbonyl (C=O) groups excluding carboxylic acids is 1. The SMILES string of the molecule is C=C(C)CNC(=NCC(=O)N(C)C)N(C)Cc1ccc(Br)cc1. The van der Waals surface area contributed by atoms with Gasteiger partial charge in [-0.25, -0.2) is 4.99 Å². The largest absolute Gasteiger partial charge is 0.353 e. The van der Waals surface area contributed by atoms with Gasteiger partial charge in [-0.1, -0.05) is 40.2 Å². The molecule has 1 aromatic rings. The minimum atomic E-state index is -0.0309. The lowest BCUT2D eigenvalue weighted by Gasteiger charge is -2.23. The van der Waals surface area contributed by atoms with Gasteiger partial charge >= 0.3 is 0 Å². The van der Waals surface area contributed by atoms with E-state index in [1.54, 1.807) is 14.1 Å². The Morgan fingerprint density at radius 1 is 1.26 bits per heavy atom. The molecule has 1 rings (SSSR count). The van der Waals surface area contributed by atoms with Crippen molar-refractivity contribution in [3.8, 4) is 0 Å². The summed E-state index contributed by atoms with van der Waals surface area (Å²) in [5.41, 5.74) is 2.17. The summed E-state index contributed by atoms with van der Waals surface area (Å²) in [5.74, 6) is 0.655. The van der Waals surface area contributed by atoms with Crippen LogP contribution in [-0.4, -0.2) is 55.9 Å². The summed E-state index contributed by atoms with van der Waals surface area (Å²) in [6, 6.07) is 8.14. The second-order valence-corrected chi connectivity index (χ2v) is 6.64. The standard InChI is InChI=1S/C17H25BrN4O/c1-13(2)10-19-17(20-11-16(23)21(3)4)22(5)12-14-6-8-15(18)9-7-14/h6-9H,1,10-12H2,2-5H3,(H,19,20). The molecule has 0 fully saturated rings. The molecule has 0 spiro atoms. The van der Waals surface area contributed by atoms with Crippen molar-refractivity contribution in [2.24, 2.45) is 4.99 Å². The Morgan fingerprint density at radius 2 is 1.87 bits per heavy atom. The molecule has 1 amide bonds. The predicted octanol–water partition coefficient (Wildman–Crippen LogP) is 2.49. The zero-order valence-electron chi connectivity index (χ0n) is 14.3. The lowest BCUT2D eigenvalue weighted by atomic mass is 10.2. The Balaban J connectivity index is 2.79. The van der Waals surface area contributed by atoms with Gasteiger partial charge in [-0.05, 0) is 24.6 Å².